The molecule has 1 aromatic carbocycles. The van der Waals surface area contributed by atoms with Gasteiger partial charge >= 0.3 is 0 Å². The second-order valence-corrected chi connectivity index (χ2v) is 6.50. The molecule has 0 spiro atoms. The molecule has 0 aliphatic rings. The Morgan fingerprint density at radius 2 is 2.03 bits per heavy atom. The number of fused-ring (bicyclic) bond motifs is 1. The number of hydrogen-bond acceptors (Lipinski definition) is 5. The van der Waals surface area contributed by atoms with Crippen molar-refractivity contribution in [3.63, 3.8) is 0 Å². The second kappa shape index (κ2) is 7.32. The Balaban J connectivity index is 1.70. The number of aryl methyl sites for hydroxylation is 1. The minimum Gasteiger partial charge on any atom is -0.392 e. The summed E-state index contributed by atoms with van der Waals surface area (Å²) in [5, 5.41) is 23.4. The van der Waals surface area contributed by atoms with Crippen LogP contribution in [0.5, 0.6) is 0 Å². The zero-order chi connectivity index (χ0) is 20.5. The highest BCUT2D eigenvalue weighted by molar-refractivity contribution is 5.89. The lowest BCUT2D eigenvalue weighted by Crippen LogP contribution is -2.28. The van der Waals surface area contributed by atoms with E-state index in [2.05, 4.69) is 20.6 Å². The maximum Gasteiger partial charge on any atom is 0.277 e. The Hall–Kier alpha value is -3.79. The molecule has 29 heavy (non-hydrogen) atoms. The van der Waals surface area contributed by atoms with Crippen LogP contribution in [0, 0.1) is 12.7 Å². The van der Waals surface area contributed by atoms with E-state index >= 15 is 0 Å². The van der Waals surface area contributed by atoms with Crippen LogP contribution < -0.4 is 10.9 Å². The molecule has 4 rings (SSSR count). The van der Waals surface area contributed by atoms with Crippen molar-refractivity contribution in [1.29, 1.82) is 0 Å². The van der Waals surface area contributed by atoms with Crippen LogP contribution in [-0.2, 0) is 17.9 Å². The Morgan fingerprint density at radius 1 is 1.28 bits per heavy atom. The van der Waals surface area contributed by atoms with Gasteiger partial charge in [-0.3, -0.25) is 14.7 Å². The molecule has 148 valence electrons. The standard InChI is InChI=1S/C19H17FN6O3/c1-11-8-15(23-22-11)21-16(28)9-25-6-7-26-18(19(25)29)14(10-27)17(24-26)12-2-4-13(20)5-3-12/h2-8,27H,9-10H2,1H3,(H2,21,22,23,28). The van der Waals surface area contributed by atoms with Crippen LogP contribution in [0.3, 0.4) is 0 Å². The van der Waals surface area contributed by atoms with Gasteiger partial charge in [-0.15, -0.1) is 0 Å². The molecular formula is C19H17FN6O3. The number of nitrogens with one attached hydrogen (secondary N) is 2. The van der Waals surface area contributed by atoms with Crippen molar-refractivity contribution in [2.45, 2.75) is 20.1 Å². The highest BCUT2D eigenvalue weighted by Gasteiger charge is 2.18. The summed E-state index contributed by atoms with van der Waals surface area (Å²) in [6.07, 6.45) is 2.96. The number of aromatic amines is 1. The topological polar surface area (TPSA) is 117 Å². The minimum atomic E-state index is -0.481. The third kappa shape index (κ3) is 3.52. The van der Waals surface area contributed by atoms with E-state index in [0.29, 0.717) is 22.6 Å². The fourth-order valence-electron chi connectivity index (χ4n) is 3.08. The fourth-order valence-corrected chi connectivity index (χ4v) is 3.08. The molecule has 0 atom stereocenters. The first-order valence-electron chi connectivity index (χ1n) is 8.75. The van der Waals surface area contributed by atoms with Gasteiger partial charge in [-0.2, -0.15) is 10.2 Å². The molecular weight excluding hydrogens is 379 g/mol. The normalized spacial score (nSPS) is 11.1. The monoisotopic (exact) mass is 396 g/mol. The first kappa shape index (κ1) is 18.6. The van der Waals surface area contributed by atoms with Crippen molar-refractivity contribution in [3.05, 3.63) is 70.2 Å². The lowest BCUT2D eigenvalue weighted by molar-refractivity contribution is -0.116. The summed E-state index contributed by atoms with van der Waals surface area (Å²) < 4.78 is 15.8. The second-order valence-electron chi connectivity index (χ2n) is 6.50. The van der Waals surface area contributed by atoms with Gasteiger partial charge in [0, 0.05) is 35.3 Å². The minimum absolute atomic E-state index is 0.151. The summed E-state index contributed by atoms with van der Waals surface area (Å²) in [5.41, 5.74) is 1.71. The first-order valence-corrected chi connectivity index (χ1v) is 8.75. The molecule has 3 N–H and O–H groups in total. The molecule has 0 bridgehead atoms. The van der Waals surface area contributed by atoms with Crippen molar-refractivity contribution in [1.82, 2.24) is 24.4 Å². The number of anilines is 1. The summed E-state index contributed by atoms with van der Waals surface area (Å²) in [6.45, 7) is 1.13. The molecule has 3 aromatic heterocycles. The molecule has 10 heteroatoms. The Labute approximate surface area is 163 Å². The molecule has 0 fully saturated rings. The zero-order valence-corrected chi connectivity index (χ0v) is 15.4. The van der Waals surface area contributed by atoms with Crippen LogP contribution in [0.25, 0.3) is 16.8 Å². The van der Waals surface area contributed by atoms with Crippen LogP contribution >= 0.6 is 0 Å². The fraction of sp³-hybridized carbons (Fsp3) is 0.158. The molecule has 0 unspecified atom stereocenters. The van der Waals surface area contributed by atoms with E-state index < -0.39 is 23.9 Å². The van der Waals surface area contributed by atoms with Crippen molar-refractivity contribution in [2.24, 2.45) is 0 Å². The molecule has 0 aliphatic carbocycles. The molecule has 0 aliphatic heterocycles. The average Bonchev–Trinajstić information content (AvgIpc) is 3.28. The van der Waals surface area contributed by atoms with E-state index in [0.717, 1.165) is 5.69 Å². The van der Waals surface area contributed by atoms with Crippen LogP contribution in [0.1, 0.15) is 11.3 Å². The molecule has 0 saturated carbocycles. The predicted octanol–water partition coefficient (Wildman–Crippen LogP) is 1.46. The number of aromatic nitrogens is 5. The smallest absolute Gasteiger partial charge is 0.277 e. The molecule has 1 amide bonds. The van der Waals surface area contributed by atoms with E-state index in [1.165, 1.54) is 45.7 Å². The zero-order valence-electron chi connectivity index (χ0n) is 15.4. The van der Waals surface area contributed by atoms with E-state index in [9.17, 15) is 19.1 Å². The van der Waals surface area contributed by atoms with Crippen LogP contribution in [0.15, 0.2) is 47.5 Å². The third-order valence-corrected chi connectivity index (χ3v) is 4.42. The number of amides is 1. The molecule has 4 aromatic rings. The van der Waals surface area contributed by atoms with Crippen molar-refractivity contribution >= 4 is 17.2 Å². The van der Waals surface area contributed by atoms with E-state index in [4.69, 9.17) is 0 Å². The number of nitrogens with zero attached hydrogens (tertiary/aromatic N) is 4. The highest BCUT2D eigenvalue weighted by atomic mass is 19.1. The Kier molecular flexibility index (Phi) is 4.69. The number of rotatable bonds is 5. The summed E-state index contributed by atoms with van der Waals surface area (Å²) in [5.74, 6) is -0.462. The number of aliphatic hydroxyl groups excluding tert-OH is 1. The number of benzene rings is 1. The van der Waals surface area contributed by atoms with Crippen LogP contribution in [-0.4, -0.2) is 35.4 Å². The van der Waals surface area contributed by atoms with Crippen molar-refractivity contribution in [2.75, 3.05) is 5.32 Å². The average molecular weight is 396 g/mol. The van der Waals surface area contributed by atoms with Crippen molar-refractivity contribution in [3.8, 4) is 11.3 Å². The number of aliphatic hydroxyl groups is 1. The van der Waals surface area contributed by atoms with E-state index in [-0.39, 0.29) is 12.1 Å². The molecule has 0 radical (unpaired) electrons. The van der Waals surface area contributed by atoms with Gasteiger partial charge in [-0.1, -0.05) is 0 Å². The number of carbonyl (C=O) groups excluding carboxylic acids is 1. The van der Waals surface area contributed by atoms with Gasteiger partial charge < -0.3 is 15.0 Å². The van der Waals surface area contributed by atoms with Crippen LogP contribution in [0.2, 0.25) is 0 Å². The lowest BCUT2D eigenvalue weighted by Gasteiger charge is -2.06. The van der Waals surface area contributed by atoms with Gasteiger partial charge in [-0.05, 0) is 31.2 Å². The van der Waals surface area contributed by atoms with Crippen LogP contribution in [0.4, 0.5) is 10.2 Å². The van der Waals surface area contributed by atoms with Gasteiger partial charge in [0.2, 0.25) is 5.91 Å². The molecule has 9 nitrogen and oxygen atoms in total. The Bertz CT molecular complexity index is 1260. The van der Waals surface area contributed by atoms with Gasteiger partial charge in [0.25, 0.3) is 5.56 Å². The van der Waals surface area contributed by atoms with Gasteiger partial charge in [-0.25, -0.2) is 8.91 Å². The van der Waals surface area contributed by atoms with Crippen molar-refractivity contribution < 1.29 is 14.3 Å². The number of carbonyl (C=O) groups is 1. The van der Waals surface area contributed by atoms with E-state index in [1.807, 2.05) is 0 Å². The molecule has 0 saturated heterocycles. The quantitative estimate of drug-likeness (QED) is 0.472. The largest absolute Gasteiger partial charge is 0.392 e. The number of halogens is 1. The lowest BCUT2D eigenvalue weighted by atomic mass is 10.1. The third-order valence-electron chi connectivity index (χ3n) is 4.42. The summed E-state index contributed by atoms with van der Waals surface area (Å²) in [6, 6.07) is 7.27. The summed E-state index contributed by atoms with van der Waals surface area (Å²) >= 11 is 0. The maximum atomic E-state index is 13.2. The maximum absolute atomic E-state index is 13.2. The highest BCUT2D eigenvalue weighted by Crippen LogP contribution is 2.25. The number of hydrogen-bond donors (Lipinski definition) is 3. The first-order chi connectivity index (χ1) is 14.0. The number of H-pyrrole nitrogens is 1. The van der Waals surface area contributed by atoms with Gasteiger partial charge in [0.1, 0.15) is 17.9 Å². The molecule has 3 heterocycles. The summed E-state index contributed by atoms with van der Waals surface area (Å²) in [7, 11) is 0. The van der Waals surface area contributed by atoms with Gasteiger partial charge in [0.05, 0.1) is 12.3 Å². The van der Waals surface area contributed by atoms with Gasteiger partial charge in [0.15, 0.2) is 5.82 Å². The predicted molar refractivity (Wildman–Crippen MR) is 103 cm³/mol. The SMILES string of the molecule is Cc1cc(NC(=O)Cn2ccn3nc(-c4ccc(F)cc4)c(CO)c3c2=O)n[nH]1. The summed E-state index contributed by atoms with van der Waals surface area (Å²) in [4.78, 5) is 25.2. The van der Waals surface area contributed by atoms with E-state index in [1.54, 1.807) is 13.0 Å². The Morgan fingerprint density at radius 3 is 2.69 bits per heavy atom.